The molecule has 0 bridgehead atoms. The molecule has 0 aliphatic carbocycles. The molecule has 4 nitrogen and oxygen atoms in total. The molecule has 106 valence electrons. The van der Waals surface area contributed by atoms with E-state index in [0.29, 0.717) is 11.4 Å². The van der Waals surface area contributed by atoms with Crippen molar-refractivity contribution in [3.63, 3.8) is 0 Å². The lowest BCUT2D eigenvalue weighted by molar-refractivity contribution is 0.00887. The molecule has 0 N–H and O–H groups in total. The molecule has 1 fully saturated rings. The van der Waals surface area contributed by atoms with Crippen molar-refractivity contribution in [1.29, 1.82) is 0 Å². The van der Waals surface area contributed by atoms with E-state index in [-0.39, 0.29) is 0 Å². The maximum absolute atomic E-state index is 6.16. The van der Waals surface area contributed by atoms with Gasteiger partial charge >= 0.3 is 0 Å². The van der Waals surface area contributed by atoms with E-state index in [1.807, 2.05) is 34.9 Å². The van der Waals surface area contributed by atoms with Gasteiger partial charge in [0, 0.05) is 18.7 Å². The normalized spacial score (nSPS) is 19.1. The minimum absolute atomic E-state index is 0.339. The topological polar surface area (TPSA) is 39.9 Å². The largest absolute Gasteiger partial charge is 0.378 e. The highest BCUT2D eigenvalue weighted by Gasteiger charge is 2.17. The van der Waals surface area contributed by atoms with E-state index in [2.05, 4.69) is 10.2 Å². The number of nitrogens with zero attached hydrogens (tertiary/aromatic N) is 3. The second kappa shape index (κ2) is 6.37. The summed E-state index contributed by atoms with van der Waals surface area (Å²) in [4.78, 5) is 0. The van der Waals surface area contributed by atoms with Crippen molar-refractivity contribution in [1.82, 2.24) is 14.8 Å². The lowest BCUT2D eigenvalue weighted by atomic mass is 10.1. The Balaban J connectivity index is 1.74. The third kappa shape index (κ3) is 3.02. The van der Waals surface area contributed by atoms with Crippen LogP contribution in [0.4, 0.5) is 0 Å². The van der Waals surface area contributed by atoms with Crippen molar-refractivity contribution >= 4 is 11.6 Å². The monoisotopic (exact) mass is 291 g/mol. The Kier molecular flexibility index (Phi) is 4.33. The lowest BCUT2D eigenvalue weighted by Gasteiger charge is -2.22. The first kappa shape index (κ1) is 13.6. The summed E-state index contributed by atoms with van der Waals surface area (Å²) in [5.41, 5.74) is 1.04. The predicted octanol–water partition coefficient (Wildman–Crippen LogP) is 3.56. The van der Waals surface area contributed by atoms with Gasteiger partial charge < -0.3 is 4.74 Å². The van der Waals surface area contributed by atoms with E-state index in [1.54, 1.807) is 0 Å². The van der Waals surface area contributed by atoms with E-state index in [1.165, 1.54) is 12.8 Å². The van der Waals surface area contributed by atoms with Gasteiger partial charge in [-0.15, -0.1) is 10.2 Å². The van der Waals surface area contributed by atoms with Gasteiger partial charge in [-0.1, -0.05) is 30.3 Å². The predicted molar refractivity (Wildman–Crippen MR) is 78.7 cm³/mol. The molecule has 0 saturated carbocycles. The second-order valence-electron chi connectivity index (χ2n) is 5.09. The summed E-state index contributed by atoms with van der Waals surface area (Å²) in [6.45, 7) is 1.67. The van der Waals surface area contributed by atoms with Crippen molar-refractivity contribution in [2.24, 2.45) is 0 Å². The van der Waals surface area contributed by atoms with Crippen LogP contribution >= 0.6 is 11.6 Å². The Morgan fingerprint density at radius 3 is 2.80 bits per heavy atom. The molecule has 1 aromatic carbocycles. The fourth-order valence-corrected chi connectivity index (χ4v) is 2.79. The average molecular weight is 292 g/mol. The van der Waals surface area contributed by atoms with Gasteiger partial charge in [0.05, 0.1) is 6.10 Å². The molecule has 1 aliphatic rings. The summed E-state index contributed by atoms with van der Waals surface area (Å²) in [5, 5.41) is 8.63. The zero-order valence-corrected chi connectivity index (χ0v) is 12.1. The molecule has 0 radical (unpaired) electrons. The summed E-state index contributed by atoms with van der Waals surface area (Å²) in [5.74, 6) is 0.825. The second-order valence-corrected chi connectivity index (χ2v) is 5.43. The number of hydrogen-bond donors (Lipinski definition) is 0. The zero-order valence-electron chi connectivity index (χ0n) is 11.3. The van der Waals surface area contributed by atoms with E-state index in [4.69, 9.17) is 16.3 Å². The molecule has 2 heterocycles. The van der Waals surface area contributed by atoms with Gasteiger partial charge in [0.2, 0.25) is 5.28 Å². The molecule has 1 aromatic heterocycles. The Morgan fingerprint density at radius 1 is 1.20 bits per heavy atom. The Bertz CT molecular complexity index is 550. The number of halogens is 1. The van der Waals surface area contributed by atoms with Crippen molar-refractivity contribution < 1.29 is 4.74 Å². The maximum atomic E-state index is 6.16. The van der Waals surface area contributed by atoms with E-state index in [0.717, 1.165) is 37.4 Å². The molecule has 1 saturated heterocycles. The number of ether oxygens (including phenoxy) is 1. The van der Waals surface area contributed by atoms with E-state index < -0.39 is 0 Å². The van der Waals surface area contributed by atoms with Crippen LogP contribution in [0.2, 0.25) is 5.28 Å². The first-order chi connectivity index (χ1) is 9.84. The van der Waals surface area contributed by atoms with Crippen LogP contribution < -0.4 is 0 Å². The molecule has 1 atom stereocenters. The minimum Gasteiger partial charge on any atom is -0.378 e. The van der Waals surface area contributed by atoms with Gasteiger partial charge in [0.25, 0.3) is 0 Å². The molecule has 2 aromatic rings. The van der Waals surface area contributed by atoms with Crippen molar-refractivity contribution in [2.75, 3.05) is 6.61 Å². The molecule has 1 unspecified atom stereocenters. The van der Waals surface area contributed by atoms with Crippen LogP contribution in [0, 0.1) is 0 Å². The van der Waals surface area contributed by atoms with Crippen molar-refractivity contribution in [3.05, 3.63) is 35.6 Å². The fourth-order valence-electron chi connectivity index (χ4n) is 2.59. The van der Waals surface area contributed by atoms with Crippen LogP contribution in [0.3, 0.4) is 0 Å². The summed E-state index contributed by atoms with van der Waals surface area (Å²) in [6, 6.07) is 10.0. The molecule has 0 amide bonds. The Labute approximate surface area is 123 Å². The quantitative estimate of drug-likeness (QED) is 0.865. The Morgan fingerprint density at radius 2 is 2.05 bits per heavy atom. The highest BCUT2D eigenvalue weighted by Crippen LogP contribution is 2.23. The molecular weight excluding hydrogens is 274 g/mol. The molecule has 3 rings (SSSR count). The van der Waals surface area contributed by atoms with E-state index in [9.17, 15) is 0 Å². The number of hydrogen-bond acceptors (Lipinski definition) is 3. The lowest BCUT2D eigenvalue weighted by Crippen LogP contribution is -2.21. The van der Waals surface area contributed by atoms with Crippen molar-refractivity contribution in [3.8, 4) is 11.4 Å². The van der Waals surface area contributed by atoms with Gasteiger partial charge in [0.15, 0.2) is 5.82 Å². The van der Waals surface area contributed by atoms with Crippen LogP contribution in [0.25, 0.3) is 11.4 Å². The van der Waals surface area contributed by atoms with Crippen LogP contribution in [-0.4, -0.2) is 27.5 Å². The third-order valence-electron chi connectivity index (χ3n) is 3.69. The molecular formula is C15H18ClN3O. The Hall–Kier alpha value is -1.39. The standard InChI is InChI=1S/C15H18ClN3O/c16-15-18-17-14(12-6-2-1-3-7-12)19(15)10-9-13-8-4-5-11-20-13/h1-3,6-7,13H,4-5,8-11H2. The van der Waals surface area contributed by atoms with Crippen LogP contribution in [0.5, 0.6) is 0 Å². The average Bonchev–Trinajstić information content (AvgIpc) is 2.88. The van der Waals surface area contributed by atoms with Gasteiger partial charge in [-0.2, -0.15) is 0 Å². The maximum Gasteiger partial charge on any atom is 0.225 e. The summed E-state index contributed by atoms with van der Waals surface area (Å²) >= 11 is 6.16. The van der Waals surface area contributed by atoms with Gasteiger partial charge in [-0.05, 0) is 37.3 Å². The highest BCUT2D eigenvalue weighted by molar-refractivity contribution is 6.28. The van der Waals surface area contributed by atoms with Crippen LogP contribution in [0.1, 0.15) is 25.7 Å². The highest BCUT2D eigenvalue weighted by atomic mass is 35.5. The SMILES string of the molecule is Clc1nnc(-c2ccccc2)n1CCC1CCCCO1. The molecule has 1 aliphatic heterocycles. The number of rotatable bonds is 4. The van der Waals surface area contributed by atoms with Gasteiger partial charge in [0.1, 0.15) is 0 Å². The van der Waals surface area contributed by atoms with Gasteiger partial charge in [-0.25, -0.2) is 0 Å². The molecule has 5 heteroatoms. The summed E-state index contributed by atoms with van der Waals surface area (Å²) in [7, 11) is 0. The smallest absolute Gasteiger partial charge is 0.225 e. The molecule has 0 spiro atoms. The first-order valence-electron chi connectivity index (χ1n) is 7.10. The van der Waals surface area contributed by atoms with E-state index >= 15 is 0 Å². The fraction of sp³-hybridized carbons (Fsp3) is 0.467. The number of benzene rings is 1. The van der Waals surface area contributed by atoms with Crippen molar-refractivity contribution in [2.45, 2.75) is 38.3 Å². The van der Waals surface area contributed by atoms with Crippen LogP contribution in [-0.2, 0) is 11.3 Å². The zero-order chi connectivity index (χ0) is 13.8. The number of aromatic nitrogens is 3. The summed E-state index contributed by atoms with van der Waals surface area (Å²) < 4.78 is 7.73. The summed E-state index contributed by atoms with van der Waals surface area (Å²) in [6.07, 6.45) is 4.87. The first-order valence-corrected chi connectivity index (χ1v) is 7.48. The third-order valence-corrected chi connectivity index (χ3v) is 3.97. The minimum atomic E-state index is 0.339. The van der Waals surface area contributed by atoms with Gasteiger partial charge in [-0.3, -0.25) is 4.57 Å². The van der Waals surface area contributed by atoms with Crippen LogP contribution in [0.15, 0.2) is 30.3 Å². The molecule has 20 heavy (non-hydrogen) atoms.